The minimum Gasteiger partial charge on any atom is -0.455 e. The van der Waals surface area contributed by atoms with Crippen LogP contribution in [0.2, 0.25) is 5.02 Å². The summed E-state index contributed by atoms with van der Waals surface area (Å²) in [5.74, 6) is 0.986. The molecule has 0 unspecified atom stereocenters. The molecule has 0 aliphatic carbocycles. The van der Waals surface area contributed by atoms with Crippen LogP contribution in [0.15, 0.2) is 67.3 Å². The maximum atomic E-state index is 13.4. The molecule has 178 valence electrons. The van der Waals surface area contributed by atoms with Gasteiger partial charge in [0.05, 0.1) is 28.2 Å². The molecule has 0 fully saturated rings. The van der Waals surface area contributed by atoms with Gasteiger partial charge < -0.3 is 19.7 Å². The molecular weight excluding hydrogens is 483 g/mol. The van der Waals surface area contributed by atoms with E-state index in [9.17, 15) is 18.3 Å². The molecule has 0 aliphatic heterocycles. The first-order valence-electron chi connectivity index (χ1n) is 10.4. The van der Waals surface area contributed by atoms with Gasteiger partial charge in [0, 0.05) is 30.0 Å². The number of fused-ring (bicyclic) bond motifs is 2. The number of hydrogen-bond acceptors (Lipinski definition) is 6. The molecule has 0 aliphatic rings. The van der Waals surface area contributed by atoms with E-state index in [0.717, 1.165) is 11.6 Å². The zero-order valence-corrected chi connectivity index (χ0v) is 18.7. The SMILES string of the molecule is OCCn1ccc2ncnc(Nc3ccc(Oc4ccnc5c(C(F)(F)F)cccc45)c(Cl)c3)c21. The number of rotatable bonds is 6. The van der Waals surface area contributed by atoms with E-state index < -0.39 is 11.7 Å². The normalized spacial score (nSPS) is 11.8. The Labute approximate surface area is 201 Å². The van der Waals surface area contributed by atoms with Crippen LogP contribution in [-0.4, -0.2) is 31.2 Å². The molecule has 0 radical (unpaired) electrons. The lowest BCUT2D eigenvalue weighted by atomic mass is 10.1. The molecule has 35 heavy (non-hydrogen) atoms. The number of alkyl halides is 3. The monoisotopic (exact) mass is 499 g/mol. The second-order valence-corrected chi connectivity index (χ2v) is 7.98. The van der Waals surface area contributed by atoms with Crippen molar-refractivity contribution < 1.29 is 23.0 Å². The number of nitrogens with one attached hydrogen (secondary N) is 1. The molecular formula is C24H17ClF3N5O2. The summed E-state index contributed by atoms with van der Waals surface area (Å²) in [6.07, 6.45) is -0.0389. The molecule has 3 heterocycles. The van der Waals surface area contributed by atoms with Gasteiger partial charge in [-0.3, -0.25) is 4.98 Å². The van der Waals surface area contributed by atoms with Crippen LogP contribution in [-0.2, 0) is 12.7 Å². The van der Waals surface area contributed by atoms with Crippen molar-refractivity contribution >= 4 is 45.0 Å². The van der Waals surface area contributed by atoms with Crippen molar-refractivity contribution in [2.75, 3.05) is 11.9 Å². The number of aliphatic hydroxyl groups excluding tert-OH is 1. The zero-order valence-electron chi connectivity index (χ0n) is 17.9. The van der Waals surface area contributed by atoms with Crippen LogP contribution < -0.4 is 10.1 Å². The maximum absolute atomic E-state index is 13.4. The van der Waals surface area contributed by atoms with Crippen LogP contribution >= 0.6 is 11.6 Å². The van der Waals surface area contributed by atoms with E-state index in [1.165, 1.54) is 30.7 Å². The van der Waals surface area contributed by atoms with Gasteiger partial charge in [-0.15, -0.1) is 0 Å². The Bertz CT molecular complexity index is 1540. The third-order valence-corrected chi connectivity index (χ3v) is 5.64. The average Bonchev–Trinajstić information content (AvgIpc) is 3.24. The van der Waals surface area contributed by atoms with Crippen LogP contribution in [0.3, 0.4) is 0 Å². The van der Waals surface area contributed by atoms with Crippen molar-refractivity contribution in [2.45, 2.75) is 12.7 Å². The molecule has 3 aromatic heterocycles. The number of aliphatic hydroxyl groups is 1. The Hall–Kier alpha value is -3.89. The fraction of sp³-hybridized carbons (Fsp3) is 0.125. The standard InChI is InChI=1S/C24H17ClF3N5O2/c25-17-12-14(32-23-22-18(30-13-31-23)7-9-33(22)10-11-34)4-5-20(17)35-19-6-8-29-21-15(19)2-1-3-16(21)24(26,27)28/h1-9,12-13,34H,10-11H2,(H,30,31,32). The summed E-state index contributed by atoms with van der Waals surface area (Å²) in [6.45, 7) is 0.346. The van der Waals surface area contributed by atoms with Gasteiger partial charge in [-0.05, 0) is 42.5 Å². The van der Waals surface area contributed by atoms with Gasteiger partial charge in [-0.25, -0.2) is 9.97 Å². The zero-order chi connectivity index (χ0) is 24.6. The van der Waals surface area contributed by atoms with Crippen LogP contribution in [0.25, 0.3) is 21.9 Å². The van der Waals surface area contributed by atoms with Crippen LogP contribution in [0.1, 0.15) is 5.56 Å². The van der Waals surface area contributed by atoms with E-state index in [1.54, 1.807) is 18.2 Å². The largest absolute Gasteiger partial charge is 0.455 e. The van der Waals surface area contributed by atoms with E-state index >= 15 is 0 Å². The fourth-order valence-electron chi connectivity index (χ4n) is 3.80. The Kier molecular flexibility index (Phi) is 5.91. The second-order valence-electron chi connectivity index (χ2n) is 7.57. The number of benzene rings is 2. The van der Waals surface area contributed by atoms with Gasteiger partial charge >= 0.3 is 6.18 Å². The summed E-state index contributed by atoms with van der Waals surface area (Å²) in [7, 11) is 0. The Morgan fingerprint density at radius 1 is 1.03 bits per heavy atom. The molecule has 7 nitrogen and oxygen atoms in total. The van der Waals surface area contributed by atoms with Crippen molar-refractivity contribution in [1.82, 2.24) is 19.5 Å². The minimum atomic E-state index is -4.54. The van der Waals surface area contributed by atoms with Gasteiger partial charge in [0.2, 0.25) is 0 Å². The quantitative estimate of drug-likeness (QED) is 0.290. The van der Waals surface area contributed by atoms with Crippen LogP contribution in [0.4, 0.5) is 24.7 Å². The summed E-state index contributed by atoms with van der Waals surface area (Å²) >= 11 is 6.45. The van der Waals surface area contributed by atoms with Gasteiger partial charge in [0.1, 0.15) is 23.3 Å². The molecule has 5 aromatic rings. The lowest BCUT2D eigenvalue weighted by Gasteiger charge is -2.14. The van der Waals surface area contributed by atoms with E-state index in [0.29, 0.717) is 23.6 Å². The predicted molar refractivity (Wildman–Crippen MR) is 126 cm³/mol. The average molecular weight is 500 g/mol. The topological polar surface area (TPSA) is 85.1 Å². The minimum absolute atomic E-state index is 0.0376. The lowest BCUT2D eigenvalue weighted by Crippen LogP contribution is -2.06. The Morgan fingerprint density at radius 2 is 1.89 bits per heavy atom. The second kappa shape index (κ2) is 9.05. The first kappa shape index (κ1) is 22.9. The number of hydrogen-bond donors (Lipinski definition) is 2. The number of pyridine rings is 1. The summed E-state index contributed by atoms with van der Waals surface area (Å²) in [4.78, 5) is 12.4. The number of nitrogens with zero attached hydrogens (tertiary/aromatic N) is 4. The highest BCUT2D eigenvalue weighted by atomic mass is 35.5. The van der Waals surface area contributed by atoms with Gasteiger partial charge in [-0.1, -0.05) is 17.7 Å². The predicted octanol–water partition coefficient (Wildman–Crippen LogP) is 6.18. The summed E-state index contributed by atoms with van der Waals surface area (Å²) in [6, 6.07) is 12.0. The molecule has 2 N–H and O–H groups in total. The van der Waals surface area contributed by atoms with Gasteiger partial charge in [0.15, 0.2) is 5.82 Å². The van der Waals surface area contributed by atoms with Crippen LogP contribution in [0.5, 0.6) is 11.5 Å². The first-order chi connectivity index (χ1) is 16.8. The van der Waals surface area contributed by atoms with Gasteiger partial charge in [0.25, 0.3) is 0 Å². The van der Waals surface area contributed by atoms with Crippen molar-refractivity contribution in [3.05, 3.63) is 77.8 Å². The highest BCUT2D eigenvalue weighted by Crippen LogP contribution is 2.39. The number of halogens is 4. The van der Waals surface area contributed by atoms with Gasteiger partial charge in [-0.2, -0.15) is 13.2 Å². The molecule has 0 amide bonds. The smallest absolute Gasteiger partial charge is 0.418 e. The highest BCUT2D eigenvalue weighted by molar-refractivity contribution is 6.32. The lowest BCUT2D eigenvalue weighted by molar-refractivity contribution is -0.136. The third-order valence-electron chi connectivity index (χ3n) is 5.34. The molecule has 0 saturated carbocycles. The molecule has 0 spiro atoms. The molecule has 11 heteroatoms. The molecule has 0 saturated heterocycles. The number of anilines is 2. The molecule has 0 bridgehead atoms. The van der Waals surface area contributed by atoms with E-state index in [-0.39, 0.29) is 34.0 Å². The van der Waals surface area contributed by atoms with Crippen molar-refractivity contribution in [3.8, 4) is 11.5 Å². The summed E-state index contributed by atoms with van der Waals surface area (Å²) < 4.78 is 47.8. The van der Waals surface area contributed by atoms with Crippen molar-refractivity contribution in [1.29, 1.82) is 0 Å². The summed E-state index contributed by atoms with van der Waals surface area (Å²) in [5, 5.41) is 13.0. The van der Waals surface area contributed by atoms with Crippen molar-refractivity contribution in [3.63, 3.8) is 0 Å². The van der Waals surface area contributed by atoms with Crippen LogP contribution in [0, 0.1) is 0 Å². The van der Waals surface area contributed by atoms with Crippen molar-refractivity contribution in [2.24, 2.45) is 0 Å². The number of aromatic nitrogens is 4. The van der Waals surface area contributed by atoms with E-state index in [4.69, 9.17) is 16.3 Å². The Morgan fingerprint density at radius 3 is 2.66 bits per heavy atom. The molecule has 5 rings (SSSR count). The Balaban J connectivity index is 1.45. The van der Waals surface area contributed by atoms with E-state index in [1.807, 2.05) is 16.8 Å². The fourth-order valence-corrected chi connectivity index (χ4v) is 4.02. The third kappa shape index (κ3) is 4.45. The highest BCUT2D eigenvalue weighted by Gasteiger charge is 2.33. The van der Waals surface area contributed by atoms with E-state index in [2.05, 4.69) is 20.3 Å². The number of para-hydroxylation sites is 1. The first-order valence-corrected chi connectivity index (χ1v) is 10.8. The molecule has 0 atom stereocenters. The number of ether oxygens (including phenoxy) is 1. The maximum Gasteiger partial charge on any atom is 0.418 e. The molecule has 2 aromatic carbocycles. The summed E-state index contributed by atoms with van der Waals surface area (Å²) in [5.41, 5.74) is 1.00.